The van der Waals surface area contributed by atoms with Gasteiger partial charge in [-0.1, -0.05) is 6.92 Å². The van der Waals surface area contributed by atoms with Crippen LogP contribution in [-0.2, 0) is 14.6 Å². The number of hydrogen-bond acceptors (Lipinski definition) is 1. The van der Waals surface area contributed by atoms with Crippen molar-refractivity contribution in [3.05, 3.63) is 0 Å². The third-order valence-corrected chi connectivity index (χ3v) is 0.224. The Morgan fingerprint density at radius 2 is 1.83 bits per heavy atom. The van der Waals surface area contributed by atoms with E-state index < -0.39 is 0 Å². The number of hydrogen-bond donors (Lipinski definition) is 1. The Hall–Kier alpha value is 0.744. The fourth-order valence-corrected chi connectivity index (χ4v) is 0. The Kier molecular flexibility index (Phi) is 28.3. The fraction of sp³-hybridized carbons (Fsp3) is 1.00. The van der Waals surface area contributed by atoms with Crippen LogP contribution in [0.1, 0.15) is 13.3 Å². The van der Waals surface area contributed by atoms with Crippen molar-refractivity contribution in [2.24, 2.45) is 0 Å². The molecule has 3 heteroatoms. The van der Waals surface area contributed by atoms with Crippen LogP contribution in [0.2, 0.25) is 0 Å². The molecule has 1 N–H and O–H groups in total. The summed E-state index contributed by atoms with van der Waals surface area (Å²) in [5.41, 5.74) is 0. The Labute approximate surface area is 50.3 Å². The van der Waals surface area contributed by atoms with E-state index >= 15 is 0 Å². The molecule has 0 aliphatic rings. The molecule has 0 heterocycles. The van der Waals surface area contributed by atoms with E-state index in [9.17, 15) is 0 Å². The molecule has 43 valence electrons. The van der Waals surface area contributed by atoms with Crippen molar-refractivity contribution in [2.75, 3.05) is 6.61 Å². The van der Waals surface area contributed by atoms with Crippen molar-refractivity contribution >= 4 is 10.2 Å². The Balaban J connectivity index is 0. The quantitative estimate of drug-likeness (QED) is 0.560. The Morgan fingerprint density at radius 3 is 1.83 bits per heavy atom. The van der Waals surface area contributed by atoms with Crippen molar-refractivity contribution in [1.82, 2.24) is 0 Å². The molecule has 0 bridgehead atoms. The van der Waals surface area contributed by atoms with Crippen molar-refractivity contribution in [3.8, 4) is 0 Å². The maximum atomic E-state index is 7.88. The number of rotatable bonds is 1. The van der Waals surface area contributed by atoms with Gasteiger partial charge in [0.25, 0.3) is 0 Å². The predicted molar refractivity (Wildman–Crippen MR) is 23.2 cm³/mol. The van der Waals surface area contributed by atoms with Crippen LogP contribution < -0.4 is 0 Å². The van der Waals surface area contributed by atoms with Gasteiger partial charge in [-0.2, -0.15) is 0 Å². The molecule has 0 rings (SSSR count). The first-order valence-corrected chi connectivity index (χ1v) is 3.00. The second-order valence-corrected chi connectivity index (χ2v) is 0.724. The second kappa shape index (κ2) is 17.2. The minimum atomic E-state index is 0.319. The van der Waals surface area contributed by atoms with Crippen LogP contribution in [0.25, 0.3) is 0 Å². The van der Waals surface area contributed by atoms with E-state index in [1.54, 1.807) is 0 Å². The molecule has 0 aromatic rings. The van der Waals surface area contributed by atoms with E-state index in [1.807, 2.05) is 6.92 Å². The van der Waals surface area contributed by atoms with Gasteiger partial charge in [0.2, 0.25) is 0 Å². The van der Waals surface area contributed by atoms with E-state index in [-0.39, 0.29) is 0 Å². The molecule has 0 atom stereocenters. The van der Waals surface area contributed by atoms with Crippen LogP contribution in [0.5, 0.6) is 0 Å². The summed E-state index contributed by atoms with van der Waals surface area (Å²) in [5.74, 6) is 0. The van der Waals surface area contributed by atoms with Crippen LogP contribution >= 0.6 is 10.2 Å². The summed E-state index contributed by atoms with van der Waals surface area (Å²) in [6.45, 7) is 2.25. The maximum absolute atomic E-state index is 7.88. The average molecular weight is 154 g/mol. The van der Waals surface area contributed by atoms with Crippen molar-refractivity contribution in [3.63, 3.8) is 0 Å². The summed E-state index contributed by atoms with van der Waals surface area (Å²) in [4.78, 5) is 0. The molecule has 0 aliphatic heterocycles. The van der Waals surface area contributed by atoms with E-state index in [0.29, 0.717) is 6.61 Å². The first-order chi connectivity index (χ1) is 2.91. The predicted octanol–water partition coefficient (Wildman–Crippen LogP) is 1.08. The molecular weight excluding hydrogens is 146 g/mol. The standard InChI is InChI=1S/C3H8O.ClH.Ni/c1-2-3-4;;/h4H,2-3H2,1H3;1H;/q;;+1/p-1. The van der Waals surface area contributed by atoms with Gasteiger partial charge in [-0.3, -0.25) is 0 Å². The molecule has 0 spiro atoms. The topological polar surface area (TPSA) is 20.2 Å². The first-order valence-electron chi connectivity index (χ1n) is 1.64. The minimum absolute atomic E-state index is 0.319. The first kappa shape index (κ1) is 9.89. The Morgan fingerprint density at radius 1 is 1.67 bits per heavy atom. The molecule has 6 heavy (non-hydrogen) atoms. The van der Waals surface area contributed by atoms with Gasteiger partial charge in [-0.15, -0.1) is 0 Å². The molecule has 0 unspecified atom stereocenters. The zero-order chi connectivity index (χ0) is 5.41. The van der Waals surface area contributed by atoms with Crippen LogP contribution in [0, 0.1) is 0 Å². The normalized spacial score (nSPS) is 6.17. The van der Waals surface area contributed by atoms with Crippen LogP contribution in [0.3, 0.4) is 0 Å². The summed E-state index contributed by atoms with van der Waals surface area (Å²) in [5, 5.41) is 7.88. The van der Waals surface area contributed by atoms with Gasteiger partial charge >= 0.3 is 24.8 Å². The third-order valence-electron chi connectivity index (χ3n) is 0.224. The summed E-state index contributed by atoms with van der Waals surface area (Å²) < 4.78 is 0. The zero-order valence-corrected chi connectivity index (χ0v) is 5.30. The number of aliphatic hydroxyl groups is 1. The van der Waals surface area contributed by atoms with Gasteiger partial charge in [0.1, 0.15) is 0 Å². The van der Waals surface area contributed by atoms with E-state index in [0.717, 1.165) is 6.42 Å². The summed E-state index contributed by atoms with van der Waals surface area (Å²) in [7, 11) is 4.26. The molecule has 0 saturated carbocycles. The van der Waals surface area contributed by atoms with E-state index in [2.05, 4.69) is 24.8 Å². The molecule has 0 amide bonds. The van der Waals surface area contributed by atoms with Gasteiger partial charge in [0.05, 0.1) is 0 Å². The van der Waals surface area contributed by atoms with Gasteiger partial charge in [0, 0.05) is 6.61 Å². The van der Waals surface area contributed by atoms with Crippen molar-refractivity contribution in [2.45, 2.75) is 13.3 Å². The van der Waals surface area contributed by atoms with Gasteiger partial charge in [-0.25, -0.2) is 0 Å². The molecular formula is C3H8ClNiO. The summed E-state index contributed by atoms with van der Waals surface area (Å²) in [6, 6.07) is 0. The monoisotopic (exact) mass is 153 g/mol. The SMILES string of the molecule is CCCO.[Cl][Ni]. The second-order valence-electron chi connectivity index (χ2n) is 0.724. The van der Waals surface area contributed by atoms with Gasteiger partial charge in [0.15, 0.2) is 0 Å². The molecule has 0 fully saturated rings. The Bertz CT molecular complexity index is 12.8. The number of aliphatic hydroxyl groups excluding tert-OH is 1. The van der Waals surface area contributed by atoms with Gasteiger partial charge < -0.3 is 5.11 Å². The fourth-order valence-electron chi connectivity index (χ4n) is 0. The molecule has 0 radical (unpaired) electrons. The van der Waals surface area contributed by atoms with Crippen LogP contribution in [0.4, 0.5) is 0 Å². The summed E-state index contributed by atoms with van der Waals surface area (Å²) in [6.07, 6.45) is 0.875. The van der Waals surface area contributed by atoms with E-state index in [4.69, 9.17) is 5.11 Å². The molecule has 1 nitrogen and oxygen atoms in total. The zero-order valence-electron chi connectivity index (χ0n) is 3.56. The number of halogens is 1. The molecule has 0 saturated heterocycles. The van der Waals surface area contributed by atoms with E-state index in [1.165, 1.54) is 0 Å². The molecule has 0 aromatic carbocycles. The van der Waals surface area contributed by atoms with Crippen molar-refractivity contribution < 1.29 is 19.7 Å². The summed E-state index contributed by atoms with van der Waals surface area (Å²) >= 11 is 3.35. The van der Waals surface area contributed by atoms with Crippen LogP contribution in [0.15, 0.2) is 0 Å². The average Bonchev–Trinajstić information content (AvgIpc) is 1.72. The molecule has 0 aliphatic carbocycles. The third kappa shape index (κ3) is 21.9. The van der Waals surface area contributed by atoms with Crippen molar-refractivity contribution in [1.29, 1.82) is 0 Å². The molecule has 0 aromatic heterocycles. The van der Waals surface area contributed by atoms with Gasteiger partial charge in [-0.05, 0) is 6.42 Å². The van der Waals surface area contributed by atoms with Crippen LogP contribution in [-0.4, -0.2) is 11.7 Å².